The highest BCUT2D eigenvalue weighted by molar-refractivity contribution is 7.13. The number of halogens is 3. The lowest BCUT2D eigenvalue weighted by Crippen LogP contribution is -2.16. The van der Waals surface area contributed by atoms with Gasteiger partial charge in [0.15, 0.2) is 12.3 Å². The van der Waals surface area contributed by atoms with Gasteiger partial charge in [-0.15, -0.1) is 11.3 Å². The van der Waals surface area contributed by atoms with Gasteiger partial charge in [0.05, 0.1) is 5.56 Å². The van der Waals surface area contributed by atoms with Crippen LogP contribution in [0.1, 0.15) is 20.8 Å². The molecule has 8 heteroatoms. The molecular formula is C18H10ClF2NO3S. The van der Waals surface area contributed by atoms with Gasteiger partial charge in [0.25, 0.3) is 0 Å². The molecule has 0 N–H and O–H groups in total. The molecule has 0 amide bonds. The fraction of sp³-hybridized carbons (Fsp3) is 0.0556. The number of benzene rings is 2. The van der Waals surface area contributed by atoms with Crippen molar-refractivity contribution in [3.63, 3.8) is 0 Å². The van der Waals surface area contributed by atoms with Crippen LogP contribution in [0.4, 0.5) is 8.78 Å². The van der Waals surface area contributed by atoms with E-state index in [4.69, 9.17) is 16.3 Å². The zero-order valence-electron chi connectivity index (χ0n) is 13.0. The number of carbonyl (C=O) groups is 2. The molecule has 3 aromatic rings. The van der Waals surface area contributed by atoms with Crippen molar-refractivity contribution in [2.75, 3.05) is 6.61 Å². The average Bonchev–Trinajstić information content (AvgIpc) is 3.11. The van der Waals surface area contributed by atoms with Gasteiger partial charge in [-0.3, -0.25) is 4.79 Å². The molecule has 0 radical (unpaired) electrons. The fourth-order valence-electron chi connectivity index (χ4n) is 2.12. The number of ether oxygens (including phenoxy) is 1. The van der Waals surface area contributed by atoms with Gasteiger partial charge in [0.1, 0.15) is 16.6 Å². The van der Waals surface area contributed by atoms with E-state index in [9.17, 15) is 18.4 Å². The predicted molar refractivity (Wildman–Crippen MR) is 93.5 cm³/mol. The van der Waals surface area contributed by atoms with Gasteiger partial charge < -0.3 is 4.74 Å². The number of thiazole rings is 1. The van der Waals surface area contributed by atoms with Crippen molar-refractivity contribution in [2.24, 2.45) is 0 Å². The Morgan fingerprint density at radius 2 is 1.96 bits per heavy atom. The van der Waals surface area contributed by atoms with Crippen LogP contribution in [-0.4, -0.2) is 23.3 Å². The standard InChI is InChI=1S/C18H10ClF2NO3S/c19-11-3-1-2-10(6-11)17-22-15(9-26-17)18(24)25-8-16(23)13-7-12(20)4-5-14(13)21/h1-7,9H,8H2. The van der Waals surface area contributed by atoms with E-state index >= 15 is 0 Å². The summed E-state index contributed by atoms with van der Waals surface area (Å²) in [6, 6.07) is 9.44. The Balaban J connectivity index is 1.67. The van der Waals surface area contributed by atoms with Crippen LogP contribution in [0.2, 0.25) is 5.02 Å². The lowest BCUT2D eigenvalue weighted by Gasteiger charge is -2.04. The maximum Gasteiger partial charge on any atom is 0.358 e. The number of ketones is 1. The van der Waals surface area contributed by atoms with Gasteiger partial charge in [0, 0.05) is 16.0 Å². The van der Waals surface area contributed by atoms with Crippen molar-refractivity contribution < 1.29 is 23.1 Å². The second-order valence-electron chi connectivity index (χ2n) is 5.17. The zero-order valence-corrected chi connectivity index (χ0v) is 14.6. The fourth-order valence-corrected chi connectivity index (χ4v) is 3.09. The number of carbonyl (C=O) groups excluding carboxylic acids is 2. The maximum absolute atomic E-state index is 13.5. The Morgan fingerprint density at radius 1 is 1.15 bits per heavy atom. The Morgan fingerprint density at radius 3 is 2.73 bits per heavy atom. The third-order valence-electron chi connectivity index (χ3n) is 3.35. The van der Waals surface area contributed by atoms with Gasteiger partial charge >= 0.3 is 5.97 Å². The van der Waals surface area contributed by atoms with Crippen LogP contribution >= 0.6 is 22.9 Å². The van der Waals surface area contributed by atoms with Crippen molar-refractivity contribution in [2.45, 2.75) is 0 Å². The van der Waals surface area contributed by atoms with Gasteiger partial charge in [-0.2, -0.15) is 0 Å². The van der Waals surface area contributed by atoms with Crippen molar-refractivity contribution in [3.05, 3.63) is 75.8 Å². The lowest BCUT2D eigenvalue weighted by molar-refractivity contribution is 0.0468. The van der Waals surface area contributed by atoms with Crippen LogP contribution in [-0.2, 0) is 4.74 Å². The van der Waals surface area contributed by atoms with Crippen molar-refractivity contribution in [1.82, 2.24) is 4.98 Å². The van der Waals surface area contributed by atoms with Crippen LogP contribution in [0, 0.1) is 11.6 Å². The van der Waals surface area contributed by atoms with Crippen molar-refractivity contribution in [1.29, 1.82) is 0 Å². The first-order chi connectivity index (χ1) is 12.4. The van der Waals surface area contributed by atoms with Crippen LogP contribution in [0.25, 0.3) is 10.6 Å². The summed E-state index contributed by atoms with van der Waals surface area (Å²) in [5.41, 5.74) is 0.271. The monoisotopic (exact) mass is 393 g/mol. The first-order valence-corrected chi connectivity index (χ1v) is 8.56. The van der Waals surface area contributed by atoms with E-state index in [1.54, 1.807) is 24.3 Å². The molecule has 0 bridgehead atoms. The van der Waals surface area contributed by atoms with Crippen LogP contribution < -0.4 is 0 Å². The summed E-state index contributed by atoms with van der Waals surface area (Å²) < 4.78 is 31.5. The summed E-state index contributed by atoms with van der Waals surface area (Å²) >= 11 is 7.13. The highest BCUT2D eigenvalue weighted by atomic mass is 35.5. The predicted octanol–water partition coefficient (Wildman–Crippen LogP) is 4.78. The molecule has 2 aromatic carbocycles. The van der Waals surface area contributed by atoms with Crippen molar-refractivity contribution in [3.8, 4) is 10.6 Å². The van der Waals surface area contributed by atoms with Crippen molar-refractivity contribution >= 4 is 34.7 Å². The first kappa shape index (κ1) is 18.2. The highest BCUT2D eigenvalue weighted by Gasteiger charge is 2.18. The minimum Gasteiger partial charge on any atom is -0.453 e. The van der Waals surface area contributed by atoms with Crippen LogP contribution in [0.15, 0.2) is 47.8 Å². The van der Waals surface area contributed by atoms with E-state index in [1.807, 2.05) is 0 Å². The van der Waals surface area contributed by atoms with E-state index in [-0.39, 0.29) is 5.69 Å². The SMILES string of the molecule is O=C(OCC(=O)c1cc(F)ccc1F)c1csc(-c2cccc(Cl)c2)n1. The van der Waals surface area contributed by atoms with Crippen LogP contribution in [0.3, 0.4) is 0 Å². The van der Waals surface area contributed by atoms with E-state index < -0.39 is 35.6 Å². The molecule has 4 nitrogen and oxygen atoms in total. The summed E-state index contributed by atoms with van der Waals surface area (Å²) in [5.74, 6) is -3.32. The summed E-state index contributed by atoms with van der Waals surface area (Å²) in [6.45, 7) is -0.719. The van der Waals surface area contributed by atoms with E-state index in [1.165, 1.54) is 16.7 Å². The Bertz CT molecular complexity index is 990. The third-order valence-corrected chi connectivity index (χ3v) is 4.47. The molecule has 26 heavy (non-hydrogen) atoms. The minimum absolute atomic E-state index is 0.0116. The molecule has 0 unspecified atom stereocenters. The number of nitrogens with zero attached hydrogens (tertiary/aromatic N) is 1. The zero-order chi connectivity index (χ0) is 18.7. The molecule has 0 aliphatic rings. The Labute approximate surface area is 156 Å². The molecule has 0 atom stereocenters. The molecule has 1 aromatic heterocycles. The maximum atomic E-state index is 13.5. The Kier molecular flexibility index (Phi) is 5.39. The summed E-state index contributed by atoms with van der Waals surface area (Å²) in [7, 11) is 0. The largest absolute Gasteiger partial charge is 0.453 e. The number of Topliss-reactive ketones (excluding diaryl/α,β-unsaturated/α-hetero) is 1. The van der Waals surface area contributed by atoms with E-state index in [0.717, 1.165) is 23.8 Å². The topological polar surface area (TPSA) is 56.3 Å². The molecule has 0 saturated carbocycles. The average molecular weight is 394 g/mol. The quantitative estimate of drug-likeness (QED) is 0.462. The van der Waals surface area contributed by atoms with Gasteiger partial charge in [-0.05, 0) is 30.3 Å². The van der Waals surface area contributed by atoms with E-state index in [2.05, 4.69) is 4.98 Å². The van der Waals surface area contributed by atoms with Gasteiger partial charge in [-0.25, -0.2) is 18.6 Å². The molecule has 132 valence electrons. The molecule has 0 saturated heterocycles. The molecule has 3 rings (SSSR count). The first-order valence-electron chi connectivity index (χ1n) is 7.31. The van der Waals surface area contributed by atoms with E-state index in [0.29, 0.717) is 10.0 Å². The summed E-state index contributed by atoms with van der Waals surface area (Å²) in [4.78, 5) is 28.1. The van der Waals surface area contributed by atoms with Gasteiger partial charge in [0.2, 0.25) is 5.78 Å². The molecule has 1 heterocycles. The minimum atomic E-state index is -0.885. The van der Waals surface area contributed by atoms with Gasteiger partial charge in [-0.1, -0.05) is 23.7 Å². The molecule has 0 spiro atoms. The normalized spacial score (nSPS) is 10.6. The second-order valence-corrected chi connectivity index (χ2v) is 6.47. The molecule has 0 aliphatic carbocycles. The molecule has 0 fully saturated rings. The number of esters is 1. The molecular weight excluding hydrogens is 384 g/mol. The number of rotatable bonds is 5. The molecule has 0 aliphatic heterocycles. The second kappa shape index (κ2) is 7.72. The number of hydrogen-bond acceptors (Lipinski definition) is 5. The lowest BCUT2D eigenvalue weighted by atomic mass is 10.1. The highest BCUT2D eigenvalue weighted by Crippen LogP contribution is 2.26. The summed E-state index contributed by atoms with van der Waals surface area (Å²) in [5, 5.41) is 2.57. The summed E-state index contributed by atoms with van der Waals surface area (Å²) in [6.07, 6.45) is 0. The smallest absolute Gasteiger partial charge is 0.358 e. The third kappa shape index (κ3) is 4.12. The Hall–Kier alpha value is -2.64. The number of aromatic nitrogens is 1. The van der Waals surface area contributed by atoms with Crippen LogP contribution in [0.5, 0.6) is 0 Å². The number of hydrogen-bond donors (Lipinski definition) is 0.